The van der Waals surface area contributed by atoms with Crippen LogP contribution in [0.1, 0.15) is 48.0 Å². The van der Waals surface area contributed by atoms with E-state index in [1.807, 2.05) is 13.8 Å². The summed E-state index contributed by atoms with van der Waals surface area (Å²) in [5, 5.41) is 10.1. The highest BCUT2D eigenvalue weighted by molar-refractivity contribution is 5.73. The highest BCUT2D eigenvalue weighted by Gasteiger charge is 2.08. The van der Waals surface area contributed by atoms with Gasteiger partial charge in [0.15, 0.2) is 0 Å². The minimum absolute atomic E-state index is 0.00233. The van der Waals surface area contributed by atoms with Crippen molar-refractivity contribution in [3.8, 4) is 0 Å². The zero-order valence-corrected chi connectivity index (χ0v) is 13.2. The maximum atomic E-state index is 11.1. The van der Waals surface area contributed by atoms with E-state index in [4.69, 9.17) is 0 Å². The largest absolute Gasteiger partial charge is 0.350 e. The third kappa shape index (κ3) is 3.94. The topological polar surface area (TPSA) is 57.8 Å². The molecule has 4 heteroatoms. The first-order chi connectivity index (χ1) is 9.97. The Morgan fingerprint density at radius 2 is 1.90 bits per heavy atom. The van der Waals surface area contributed by atoms with Crippen molar-refractivity contribution in [1.82, 2.24) is 15.5 Å². The normalized spacial score (nSPS) is 12.2. The monoisotopic (exact) mass is 285 g/mol. The molecule has 2 N–H and O–H groups in total. The maximum absolute atomic E-state index is 11.1. The summed E-state index contributed by atoms with van der Waals surface area (Å²) in [6.07, 6.45) is 1.99. The molecule has 1 aromatic carbocycles. The Hall–Kier alpha value is -2.10. The number of carbonyl (C=O) groups excluding carboxylic acids is 1. The van der Waals surface area contributed by atoms with E-state index in [0.29, 0.717) is 0 Å². The molecule has 0 saturated carbocycles. The fourth-order valence-corrected chi connectivity index (χ4v) is 2.57. The molecule has 112 valence electrons. The summed E-state index contributed by atoms with van der Waals surface area (Å²) in [5.74, 6) is -0.00233. The lowest BCUT2D eigenvalue weighted by Gasteiger charge is -2.13. The number of nitrogens with one attached hydrogen (secondary N) is 2. The number of aryl methyl sites for hydroxylation is 3. The van der Waals surface area contributed by atoms with Crippen molar-refractivity contribution in [2.45, 2.75) is 46.6 Å². The van der Waals surface area contributed by atoms with E-state index >= 15 is 0 Å². The minimum atomic E-state index is -0.00233. The molecule has 4 nitrogen and oxygen atoms in total. The van der Waals surface area contributed by atoms with Crippen molar-refractivity contribution in [2.24, 2.45) is 0 Å². The molecule has 21 heavy (non-hydrogen) atoms. The standard InChI is InChI=1S/C17H23N3O/c1-11(18-14(4)21)16-8-5-15(6-9-16)7-10-17-12(2)19-20-13(17)3/h5-6,8-9,11H,7,10H2,1-4H3,(H,18,21)(H,19,20). The zero-order valence-electron chi connectivity index (χ0n) is 13.2. The molecule has 1 unspecified atom stereocenters. The van der Waals surface area contributed by atoms with Gasteiger partial charge in [-0.1, -0.05) is 24.3 Å². The molecule has 1 aromatic heterocycles. The highest BCUT2D eigenvalue weighted by Crippen LogP contribution is 2.16. The SMILES string of the molecule is CC(=O)NC(C)c1ccc(CCc2c(C)n[nH]c2C)cc1. The van der Waals surface area contributed by atoms with Crippen molar-refractivity contribution in [2.75, 3.05) is 0 Å². The summed E-state index contributed by atoms with van der Waals surface area (Å²) >= 11 is 0. The minimum Gasteiger partial charge on any atom is -0.350 e. The Morgan fingerprint density at radius 1 is 1.24 bits per heavy atom. The summed E-state index contributed by atoms with van der Waals surface area (Å²) < 4.78 is 0. The lowest BCUT2D eigenvalue weighted by atomic mass is 10.0. The Morgan fingerprint density at radius 3 is 2.43 bits per heavy atom. The van der Waals surface area contributed by atoms with Crippen LogP contribution in [0.2, 0.25) is 0 Å². The van der Waals surface area contributed by atoms with E-state index < -0.39 is 0 Å². The van der Waals surface area contributed by atoms with Crippen LogP contribution in [0.3, 0.4) is 0 Å². The predicted molar refractivity (Wildman–Crippen MR) is 84.1 cm³/mol. The number of H-pyrrole nitrogens is 1. The van der Waals surface area contributed by atoms with Gasteiger partial charge in [-0.15, -0.1) is 0 Å². The smallest absolute Gasteiger partial charge is 0.217 e. The molecular weight excluding hydrogens is 262 g/mol. The average Bonchev–Trinajstić information content (AvgIpc) is 2.75. The molecule has 0 fully saturated rings. The predicted octanol–water partition coefficient (Wildman–Crippen LogP) is 3.01. The van der Waals surface area contributed by atoms with Crippen LogP contribution in [0.15, 0.2) is 24.3 Å². The number of aromatic nitrogens is 2. The van der Waals surface area contributed by atoms with Gasteiger partial charge in [0.05, 0.1) is 11.7 Å². The Bertz CT molecular complexity index is 594. The Kier molecular flexibility index (Phi) is 4.78. The number of benzene rings is 1. The summed E-state index contributed by atoms with van der Waals surface area (Å²) in [5.41, 5.74) is 5.98. The van der Waals surface area contributed by atoms with Gasteiger partial charge in [-0.2, -0.15) is 5.10 Å². The number of nitrogens with zero attached hydrogens (tertiary/aromatic N) is 1. The van der Waals surface area contributed by atoms with Crippen LogP contribution in [-0.2, 0) is 17.6 Å². The van der Waals surface area contributed by atoms with E-state index in [0.717, 1.165) is 29.8 Å². The van der Waals surface area contributed by atoms with E-state index in [2.05, 4.69) is 46.7 Å². The molecule has 0 aliphatic carbocycles. The quantitative estimate of drug-likeness (QED) is 0.887. The summed E-state index contributed by atoms with van der Waals surface area (Å²) in [6.45, 7) is 7.64. The highest BCUT2D eigenvalue weighted by atomic mass is 16.1. The van der Waals surface area contributed by atoms with Gasteiger partial charge in [0.2, 0.25) is 5.91 Å². The van der Waals surface area contributed by atoms with Gasteiger partial charge in [-0.05, 0) is 50.3 Å². The van der Waals surface area contributed by atoms with Gasteiger partial charge in [0.25, 0.3) is 0 Å². The summed E-state index contributed by atoms with van der Waals surface area (Å²) in [4.78, 5) is 11.1. The van der Waals surface area contributed by atoms with Crippen molar-refractivity contribution in [1.29, 1.82) is 0 Å². The van der Waals surface area contributed by atoms with Crippen LogP contribution in [0.25, 0.3) is 0 Å². The molecule has 2 aromatic rings. The summed E-state index contributed by atoms with van der Waals surface area (Å²) in [7, 11) is 0. The number of hydrogen-bond donors (Lipinski definition) is 2. The van der Waals surface area contributed by atoms with Gasteiger partial charge >= 0.3 is 0 Å². The Balaban J connectivity index is 1.98. The molecule has 0 saturated heterocycles. The first-order valence-electron chi connectivity index (χ1n) is 7.33. The molecule has 1 heterocycles. The van der Waals surface area contributed by atoms with Gasteiger partial charge in [0, 0.05) is 12.6 Å². The van der Waals surface area contributed by atoms with Gasteiger partial charge in [-0.25, -0.2) is 0 Å². The fourth-order valence-electron chi connectivity index (χ4n) is 2.57. The second-order valence-electron chi connectivity index (χ2n) is 5.58. The van der Waals surface area contributed by atoms with Crippen molar-refractivity contribution in [3.05, 3.63) is 52.3 Å². The second-order valence-corrected chi connectivity index (χ2v) is 5.58. The van der Waals surface area contributed by atoms with Crippen LogP contribution >= 0.6 is 0 Å². The van der Waals surface area contributed by atoms with Gasteiger partial charge in [-0.3, -0.25) is 9.89 Å². The van der Waals surface area contributed by atoms with Crippen molar-refractivity contribution < 1.29 is 4.79 Å². The average molecular weight is 285 g/mol. The third-order valence-electron chi connectivity index (χ3n) is 3.84. The lowest BCUT2D eigenvalue weighted by Crippen LogP contribution is -2.23. The summed E-state index contributed by atoms with van der Waals surface area (Å²) in [6, 6.07) is 8.50. The number of rotatable bonds is 5. The molecule has 0 aliphatic rings. The molecule has 2 rings (SSSR count). The van der Waals surface area contributed by atoms with Crippen molar-refractivity contribution >= 4 is 5.91 Å². The lowest BCUT2D eigenvalue weighted by molar-refractivity contribution is -0.119. The second kappa shape index (κ2) is 6.57. The number of amides is 1. The maximum Gasteiger partial charge on any atom is 0.217 e. The van der Waals surface area contributed by atoms with E-state index in [-0.39, 0.29) is 11.9 Å². The first kappa shape index (κ1) is 15.3. The molecular formula is C17H23N3O. The zero-order chi connectivity index (χ0) is 15.4. The fraction of sp³-hybridized carbons (Fsp3) is 0.412. The van der Waals surface area contributed by atoms with Crippen molar-refractivity contribution in [3.63, 3.8) is 0 Å². The van der Waals surface area contributed by atoms with E-state index in [1.54, 1.807) is 6.92 Å². The Labute approximate surface area is 126 Å². The molecule has 0 radical (unpaired) electrons. The van der Waals surface area contributed by atoms with Crippen LogP contribution in [0.4, 0.5) is 0 Å². The van der Waals surface area contributed by atoms with Gasteiger partial charge in [0.1, 0.15) is 0 Å². The third-order valence-corrected chi connectivity index (χ3v) is 3.84. The molecule has 0 aliphatic heterocycles. The number of hydrogen-bond acceptors (Lipinski definition) is 2. The van der Waals surface area contributed by atoms with E-state index in [9.17, 15) is 4.79 Å². The van der Waals surface area contributed by atoms with Crippen LogP contribution in [-0.4, -0.2) is 16.1 Å². The van der Waals surface area contributed by atoms with Crippen LogP contribution < -0.4 is 5.32 Å². The molecule has 0 spiro atoms. The molecule has 1 amide bonds. The van der Waals surface area contributed by atoms with Crippen LogP contribution in [0, 0.1) is 13.8 Å². The van der Waals surface area contributed by atoms with Crippen LogP contribution in [0.5, 0.6) is 0 Å². The number of carbonyl (C=O) groups is 1. The first-order valence-corrected chi connectivity index (χ1v) is 7.33. The molecule has 1 atom stereocenters. The number of aromatic amines is 1. The van der Waals surface area contributed by atoms with E-state index in [1.165, 1.54) is 11.1 Å². The molecule has 0 bridgehead atoms. The van der Waals surface area contributed by atoms with Gasteiger partial charge < -0.3 is 5.32 Å².